The summed E-state index contributed by atoms with van der Waals surface area (Å²) in [6.07, 6.45) is -8.97. The summed E-state index contributed by atoms with van der Waals surface area (Å²) in [4.78, 5) is 6.32. The van der Waals surface area contributed by atoms with Gasteiger partial charge in [-0.25, -0.2) is 4.98 Å². The van der Waals surface area contributed by atoms with Crippen molar-refractivity contribution >= 4 is 28.7 Å². The van der Waals surface area contributed by atoms with Gasteiger partial charge in [0.05, 0.1) is 16.6 Å². The number of hydrogen-bond acceptors (Lipinski definition) is 3. The minimum atomic E-state index is -4.92. The number of fused-ring (bicyclic) bond motifs is 1. The van der Waals surface area contributed by atoms with E-state index in [1.165, 1.54) is 0 Å². The zero-order valence-corrected chi connectivity index (χ0v) is 12.3. The quantitative estimate of drug-likeness (QED) is 0.779. The lowest BCUT2D eigenvalue weighted by Crippen LogP contribution is -2.18. The van der Waals surface area contributed by atoms with E-state index < -0.39 is 29.0 Å². The maximum atomic E-state index is 13.1. The summed E-state index contributed by atoms with van der Waals surface area (Å²) < 4.78 is 77.6. The minimum Gasteiger partial charge on any atom is -0.352 e. The molecule has 2 heterocycles. The van der Waals surface area contributed by atoms with Gasteiger partial charge in [-0.15, -0.1) is 0 Å². The predicted molar refractivity (Wildman–Crippen MR) is 75.5 cm³/mol. The second-order valence-corrected chi connectivity index (χ2v) is 6.36. The van der Waals surface area contributed by atoms with Crippen molar-refractivity contribution in [3.63, 3.8) is 0 Å². The Morgan fingerprint density at radius 3 is 2.43 bits per heavy atom. The summed E-state index contributed by atoms with van der Waals surface area (Å²) in [6, 6.07) is 0.779. The first kappa shape index (κ1) is 16.3. The lowest BCUT2D eigenvalue weighted by molar-refractivity contribution is -0.142. The van der Waals surface area contributed by atoms with Crippen LogP contribution in [-0.2, 0) is 12.4 Å². The van der Waals surface area contributed by atoms with E-state index in [-0.39, 0.29) is 23.6 Å². The van der Waals surface area contributed by atoms with Crippen molar-refractivity contribution in [2.45, 2.75) is 24.8 Å². The number of rotatable bonds is 2. The third kappa shape index (κ3) is 3.36. The van der Waals surface area contributed by atoms with Gasteiger partial charge in [-0.05, 0) is 24.3 Å². The van der Waals surface area contributed by atoms with E-state index in [9.17, 15) is 26.3 Å². The number of alkyl halides is 6. The van der Waals surface area contributed by atoms with Crippen molar-refractivity contribution in [2.75, 3.05) is 16.8 Å². The normalized spacial score (nSPS) is 19.5. The standard InChI is InChI=1S/C13H11F6N3S/c14-12(15,16)6-3-8(13(17,18)19)10-9(4-6)21-11(22-10)20-7-1-2-23-5-7/h3-4,7H,1-2,5H2,(H2,20,21,22). The molecular weight excluding hydrogens is 344 g/mol. The van der Waals surface area contributed by atoms with Gasteiger partial charge in [0.25, 0.3) is 0 Å². The minimum absolute atomic E-state index is 0.0389. The summed E-state index contributed by atoms with van der Waals surface area (Å²) >= 11 is 1.69. The Kier molecular flexibility index (Phi) is 3.89. The van der Waals surface area contributed by atoms with Crippen LogP contribution in [0, 0.1) is 0 Å². The number of benzene rings is 1. The van der Waals surface area contributed by atoms with Crippen LogP contribution in [0.5, 0.6) is 0 Å². The molecular formula is C13H11F6N3S. The smallest absolute Gasteiger partial charge is 0.352 e. The molecule has 1 fully saturated rings. The molecule has 1 aromatic carbocycles. The lowest BCUT2D eigenvalue weighted by atomic mass is 10.1. The Hall–Kier alpha value is -1.58. The van der Waals surface area contributed by atoms with Crippen LogP contribution in [-0.4, -0.2) is 27.5 Å². The molecule has 0 amide bonds. The molecule has 1 aliphatic heterocycles. The number of thioether (sulfide) groups is 1. The molecule has 0 aliphatic carbocycles. The van der Waals surface area contributed by atoms with Crippen LogP contribution < -0.4 is 5.32 Å². The van der Waals surface area contributed by atoms with Gasteiger partial charge in [-0.1, -0.05) is 0 Å². The van der Waals surface area contributed by atoms with Crippen molar-refractivity contribution in [1.82, 2.24) is 9.97 Å². The van der Waals surface area contributed by atoms with Gasteiger partial charge < -0.3 is 10.3 Å². The van der Waals surface area contributed by atoms with Gasteiger partial charge in [0.15, 0.2) is 0 Å². The summed E-state index contributed by atoms with van der Waals surface area (Å²) in [7, 11) is 0. The molecule has 126 valence electrons. The number of imidazole rings is 1. The molecule has 0 bridgehead atoms. The fraction of sp³-hybridized carbons (Fsp3) is 0.462. The summed E-state index contributed by atoms with van der Waals surface area (Å²) in [6.45, 7) is 0. The van der Waals surface area contributed by atoms with Gasteiger partial charge in [0, 0.05) is 11.8 Å². The summed E-state index contributed by atoms with van der Waals surface area (Å²) in [5, 5.41) is 2.93. The molecule has 0 radical (unpaired) electrons. The number of nitrogens with one attached hydrogen (secondary N) is 2. The Morgan fingerprint density at radius 1 is 1.13 bits per heavy atom. The van der Waals surface area contributed by atoms with Crippen molar-refractivity contribution in [1.29, 1.82) is 0 Å². The molecule has 0 saturated carbocycles. The SMILES string of the molecule is FC(F)(F)c1cc(C(F)(F)F)c2nc(NC3CCSC3)[nH]c2c1. The third-order valence-corrected chi connectivity index (χ3v) is 4.65. The number of anilines is 1. The second-order valence-electron chi connectivity index (χ2n) is 5.21. The maximum Gasteiger partial charge on any atom is 0.418 e. The van der Waals surface area contributed by atoms with Crippen molar-refractivity contribution in [2.24, 2.45) is 0 Å². The number of H-pyrrole nitrogens is 1. The Morgan fingerprint density at radius 2 is 1.87 bits per heavy atom. The van der Waals surface area contributed by atoms with Gasteiger partial charge in [0.2, 0.25) is 5.95 Å². The van der Waals surface area contributed by atoms with Crippen molar-refractivity contribution < 1.29 is 26.3 Å². The van der Waals surface area contributed by atoms with Crippen LogP contribution in [0.3, 0.4) is 0 Å². The molecule has 3 rings (SSSR count). The molecule has 1 aromatic heterocycles. The van der Waals surface area contributed by atoms with Crippen LogP contribution in [0.1, 0.15) is 17.5 Å². The van der Waals surface area contributed by atoms with E-state index in [4.69, 9.17) is 0 Å². The average molecular weight is 355 g/mol. The van der Waals surface area contributed by atoms with Crippen LogP contribution in [0.4, 0.5) is 32.3 Å². The van der Waals surface area contributed by atoms with Gasteiger partial charge >= 0.3 is 12.4 Å². The molecule has 3 nitrogen and oxygen atoms in total. The Labute approximate surface area is 130 Å². The van der Waals surface area contributed by atoms with Crippen LogP contribution in [0.15, 0.2) is 12.1 Å². The molecule has 2 aromatic rings. The van der Waals surface area contributed by atoms with Gasteiger partial charge in [-0.2, -0.15) is 38.1 Å². The highest BCUT2D eigenvalue weighted by molar-refractivity contribution is 7.99. The molecule has 1 atom stereocenters. The van der Waals surface area contributed by atoms with E-state index in [0.29, 0.717) is 6.07 Å². The lowest BCUT2D eigenvalue weighted by Gasteiger charge is -2.11. The van der Waals surface area contributed by atoms with E-state index in [2.05, 4.69) is 15.3 Å². The van der Waals surface area contributed by atoms with Gasteiger partial charge in [-0.3, -0.25) is 0 Å². The van der Waals surface area contributed by atoms with Crippen LogP contribution in [0.2, 0.25) is 0 Å². The van der Waals surface area contributed by atoms with E-state index in [0.717, 1.165) is 17.9 Å². The predicted octanol–water partition coefficient (Wildman–Crippen LogP) is 4.52. The highest BCUT2D eigenvalue weighted by Crippen LogP contribution is 2.39. The van der Waals surface area contributed by atoms with Crippen LogP contribution in [0.25, 0.3) is 11.0 Å². The molecule has 1 unspecified atom stereocenters. The van der Waals surface area contributed by atoms with Crippen LogP contribution >= 0.6 is 11.8 Å². The highest BCUT2D eigenvalue weighted by Gasteiger charge is 2.39. The highest BCUT2D eigenvalue weighted by atomic mass is 32.2. The number of aromatic nitrogens is 2. The maximum absolute atomic E-state index is 13.1. The molecule has 0 spiro atoms. The zero-order chi connectivity index (χ0) is 16.8. The first-order valence-electron chi connectivity index (χ1n) is 6.67. The van der Waals surface area contributed by atoms with E-state index in [1.54, 1.807) is 11.8 Å². The van der Waals surface area contributed by atoms with E-state index in [1.807, 2.05) is 0 Å². The van der Waals surface area contributed by atoms with Crippen molar-refractivity contribution in [3.05, 3.63) is 23.3 Å². The Bertz CT molecular complexity index is 715. The van der Waals surface area contributed by atoms with E-state index >= 15 is 0 Å². The third-order valence-electron chi connectivity index (χ3n) is 3.49. The fourth-order valence-corrected chi connectivity index (χ4v) is 3.56. The first-order valence-corrected chi connectivity index (χ1v) is 7.82. The number of hydrogen-bond donors (Lipinski definition) is 2. The molecule has 10 heteroatoms. The molecule has 23 heavy (non-hydrogen) atoms. The summed E-state index contributed by atoms with van der Waals surface area (Å²) in [5.74, 6) is 1.75. The average Bonchev–Trinajstić information content (AvgIpc) is 3.03. The number of halogens is 6. The van der Waals surface area contributed by atoms with Crippen molar-refractivity contribution in [3.8, 4) is 0 Å². The Balaban J connectivity index is 2.08. The topological polar surface area (TPSA) is 40.7 Å². The molecule has 1 saturated heterocycles. The van der Waals surface area contributed by atoms with Gasteiger partial charge in [0.1, 0.15) is 5.52 Å². The second kappa shape index (κ2) is 5.50. The number of nitrogens with zero attached hydrogens (tertiary/aromatic N) is 1. The largest absolute Gasteiger partial charge is 0.418 e. The zero-order valence-electron chi connectivity index (χ0n) is 11.5. The fourth-order valence-electron chi connectivity index (χ4n) is 2.41. The number of aromatic amines is 1. The summed E-state index contributed by atoms with van der Waals surface area (Å²) in [5.41, 5.74) is -3.56. The molecule has 1 aliphatic rings. The monoisotopic (exact) mass is 355 g/mol. The molecule has 2 N–H and O–H groups in total. The first-order chi connectivity index (χ1) is 10.6.